The minimum absolute atomic E-state index is 0.0660. The van der Waals surface area contributed by atoms with Gasteiger partial charge in [-0.05, 0) is 48.0 Å². The molecule has 0 spiro atoms. The zero-order valence-electron chi connectivity index (χ0n) is 12.1. The van der Waals surface area contributed by atoms with E-state index in [-0.39, 0.29) is 17.3 Å². The summed E-state index contributed by atoms with van der Waals surface area (Å²) in [6.45, 7) is -2.93. The molecule has 0 heterocycles. The van der Waals surface area contributed by atoms with Gasteiger partial charge in [-0.1, -0.05) is 23.7 Å². The molecule has 0 atom stereocenters. The summed E-state index contributed by atoms with van der Waals surface area (Å²) in [6, 6.07) is 10.9. The molecule has 6 heteroatoms. The molecule has 0 amide bonds. The average molecular weight is 339 g/mol. The average Bonchev–Trinajstić information content (AvgIpc) is 2.53. The van der Waals surface area contributed by atoms with E-state index in [1.165, 1.54) is 25.3 Å². The standard InChI is InChI=1S/C17H13ClF2O3/c1-22-16-10-11(3-9-15(16)23-17(19)20)2-8-14(21)12-4-6-13(18)7-5-12/h2-10,17H,1H3. The fraction of sp³-hybridized carbons (Fsp3) is 0.118. The normalized spacial score (nSPS) is 11.0. The molecule has 3 nitrogen and oxygen atoms in total. The van der Waals surface area contributed by atoms with E-state index in [2.05, 4.69) is 4.74 Å². The highest BCUT2D eigenvalue weighted by Crippen LogP contribution is 2.29. The number of carbonyl (C=O) groups excluding carboxylic acids is 1. The van der Waals surface area contributed by atoms with E-state index < -0.39 is 6.61 Å². The smallest absolute Gasteiger partial charge is 0.387 e. The lowest BCUT2D eigenvalue weighted by atomic mass is 10.1. The van der Waals surface area contributed by atoms with Crippen LogP contribution >= 0.6 is 11.6 Å². The topological polar surface area (TPSA) is 35.5 Å². The molecule has 0 aliphatic carbocycles. The summed E-state index contributed by atoms with van der Waals surface area (Å²) >= 11 is 5.77. The van der Waals surface area contributed by atoms with Crippen molar-refractivity contribution in [1.82, 2.24) is 0 Å². The molecule has 0 saturated heterocycles. The first-order valence-electron chi connectivity index (χ1n) is 6.60. The van der Waals surface area contributed by atoms with Gasteiger partial charge in [0, 0.05) is 10.6 Å². The number of rotatable bonds is 6. The van der Waals surface area contributed by atoms with Crippen LogP contribution in [0.5, 0.6) is 11.5 Å². The second-order valence-corrected chi connectivity index (χ2v) is 4.93. The summed E-state index contributed by atoms with van der Waals surface area (Å²) in [5.74, 6) is -0.108. The quantitative estimate of drug-likeness (QED) is 0.558. The Morgan fingerprint density at radius 1 is 1.13 bits per heavy atom. The number of allylic oxidation sites excluding steroid dienone is 1. The Labute approximate surface area is 137 Å². The van der Waals surface area contributed by atoms with Crippen molar-refractivity contribution in [2.45, 2.75) is 6.61 Å². The molecule has 0 aromatic heterocycles. The molecule has 23 heavy (non-hydrogen) atoms. The van der Waals surface area contributed by atoms with Gasteiger partial charge in [-0.25, -0.2) is 0 Å². The van der Waals surface area contributed by atoms with Gasteiger partial charge in [-0.15, -0.1) is 0 Å². The fourth-order valence-electron chi connectivity index (χ4n) is 1.86. The van der Waals surface area contributed by atoms with Crippen LogP contribution in [0.25, 0.3) is 6.08 Å². The predicted octanol–water partition coefficient (Wildman–Crippen LogP) is 4.85. The second-order valence-electron chi connectivity index (χ2n) is 4.49. The number of carbonyl (C=O) groups is 1. The summed E-state index contributed by atoms with van der Waals surface area (Å²) in [7, 11) is 1.35. The first-order valence-corrected chi connectivity index (χ1v) is 6.98. The summed E-state index contributed by atoms with van der Waals surface area (Å²) in [5.41, 5.74) is 1.11. The Kier molecular flexibility index (Phi) is 5.71. The van der Waals surface area contributed by atoms with Crippen LogP contribution in [-0.4, -0.2) is 19.5 Å². The van der Waals surface area contributed by atoms with Crippen LogP contribution in [0.1, 0.15) is 15.9 Å². The Hall–Kier alpha value is -2.40. The van der Waals surface area contributed by atoms with Crippen molar-refractivity contribution in [1.29, 1.82) is 0 Å². The Bertz CT molecular complexity index is 712. The molecule has 2 rings (SSSR count). The number of ether oxygens (including phenoxy) is 2. The Balaban J connectivity index is 2.15. The highest BCUT2D eigenvalue weighted by molar-refractivity contribution is 6.30. The SMILES string of the molecule is COc1cc(C=CC(=O)c2ccc(Cl)cc2)ccc1OC(F)F. The van der Waals surface area contributed by atoms with E-state index in [0.717, 1.165) is 0 Å². The summed E-state index contributed by atoms with van der Waals surface area (Å²) < 4.78 is 33.9. The zero-order chi connectivity index (χ0) is 16.8. The van der Waals surface area contributed by atoms with E-state index in [0.29, 0.717) is 16.1 Å². The van der Waals surface area contributed by atoms with Gasteiger partial charge in [-0.3, -0.25) is 4.79 Å². The van der Waals surface area contributed by atoms with Crippen LogP contribution in [0.3, 0.4) is 0 Å². The van der Waals surface area contributed by atoms with E-state index in [1.807, 2.05) is 0 Å². The third-order valence-corrected chi connectivity index (χ3v) is 3.21. The predicted molar refractivity (Wildman–Crippen MR) is 84.4 cm³/mol. The molecule has 0 saturated carbocycles. The van der Waals surface area contributed by atoms with Crippen LogP contribution in [0.4, 0.5) is 8.78 Å². The maximum absolute atomic E-state index is 12.3. The van der Waals surface area contributed by atoms with Gasteiger partial charge in [-0.2, -0.15) is 8.78 Å². The van der Waals surface area contributed by atoms with Crippen LogP contribution in [-0.2, 0) is 0 Å². The van der Waals surface area contributed by atoms with E-state index in [9.17, 15) is 13.6 Å². The van der Waals surface area contributed by atoms with Crippen molar-refractivity contribution in [3.05, 3.63) is 64.7 Å². The number of ketones is 1. The van der Waals surface area contributed by atoms with E-state index in [1.54, 1.807) is 36.4 Å². The minimum atomic E-state index is -2.93. The maximum atomic E-state index is 12.3. The van der Waals surface area contributed by atoms with Gasteiger partial charge < -0.3 is 9.47 Å². The molecule has 0 aliphatic heterocycles. The number of benzene rings is 2. The first-order chi connectivity index (χ1) is 11.0. The van der Waals surface area contributed by atoms with Crippen molar-refractivity contribution in [2.75, 3.05) is 7.11 Å². The number of methoxy groups -OCH3 is 1. The monoisotopic (exact) mass is 338 g/mol. The highest BCUT2D eigenvalue weighted by atomic mass is 35.5. The molecular formula is C17H13ClF2O3. The van der Waals surface area contributed by atoms with Crippen LogP contribution in [0.2, 0.25) is 5.02 Å². The summed E-state index contributed by atoms with van der Waals surface area (Å²) in [6.07, 6.45) is 2.94. The van der Waals surface area contributed by atoms with Crippen LogP contribution in [0.15, 0.2) is 48.5 Å². The molecule has 0 aliphatic rings. The minimum Gasteiger partial charge on any atom is -0.493 e. The van der Waals surface area contributed by atoms with Crippen molar-refractivity contribution in [3.8, 4) is 11.5 Å². The van der Waals surface area contributed by atoms with Gasteiger partial charge in [0.15, 0.2) is 17.3 Å². The number of hydrogen-bond acceptors (Lipinski definition) is 3. The third kappa shape index (κ3) is 4.79. The van der Waals surface area contributed by atoms with Crippen molar-refractivity contribution < 1.29 is 23.0 Å². The zero-order valence-corrected chi connectivity index (χ0v) is 12.9. The molecule has 0 unspecified atom stereocenters. The van der Waals surface area contributed by atoms with Gasteiger partial charge in [0.1, 0.15) is 0 Å². The lowest BCUT2D eigenvalue weighted by Gasteiger charge is -2.10. The van der Waals surface area contributed by atoms with Crippen molar-refractivity contribution >= 4 is 23.5 Å². The third-order valence-electron chi connectivity index (χ3n) is 2.96. The molecule has 0 radical (unpaired) electrons. The Morgan fingerprint density at radius 3 is 2.43 bits per heavy atom. The van der Waals surface area contributed by atoms with Gasteiger partial charge in [0.05, 0.1) is 7.11 Å². The maximum Gasteiger partial charge on any atom is 0.387 e. The van der Waals surface area contributed by atoms with E-state index in [4.69, 9.17) is 16.3 Å². The second kappa shape index (κ2) is 7.74. The molecular weight excluding hydrogens is 326 g/mol. The molecule has 120 valence electrons. The molecule has 0 bridgehead atoms. The van der Waals surface area contributed by atoms with Crippen LogP contribution in [0, 0.1) is 0 Å². The van der Waals surface area contributed by atoms with Crippen molar-refractivity contribution in [3.63, 3.8) is 0 Å². The first kappa shape index (κ1) is 17.0. The Morgan fingerprint density at radius 2 is 1.83 bits per heavy atom. The molecule has 2 aromatic rings. The lowest BCUT2D eigenvalue weighted by molar-refractivity contribution is -0.0512. The van der Waals surface area contributed by atoms with Gasteiger partial charge in [0.2, 0.25) is 0 Å². The number of halogens is 3. The molecule has 2 aromatic carbocycles. The number of hydrogen-bond donors (Lipinski definition) is 0. The largest absolute Gasteiger partial charge is 0.493 e. The lowest BCUT2D eigenvalue weighted by Crippen LogP contribution is -2.03. The van der Waals surface area contributed by atoms with Crippen molar-refractivity contribution in [2.24, 2.45) is 0 Å². The van der Waals surface area contributed by atoms with Gasteiger partial charge in [0.25, 0.3) is 0 Å². The van der Waals surface area contributed by atoms with Crippen LogP contribution < -0.4 is 9.47 Å². The number of alkyl halides is 2. The van der Waals surface area contributed by atoms with E-state index >= 15 is 0 Å². The molecule has 0 N–H and O–H groups in total. The summed E-state index contributed by atoms with van der Waals surface area (Å²) in [5, 5.41) is 0.546. The highest BCUT2D eigenvalue weighted by Gasteiger charge is 2.10. The van der Waals surface area contributed by atoms with Gasteiger partial charge >= 0.3 is 6.61 Å². The fourth-order valence-corrected chi connectivity index (χ4v) is 1.99. The summed E-state index contributed by atoms with van der Waals surface area (Å²) in [4.78, 5) is 12.0. The molecule has 0 fully saturated rings.